The van der Waals surface area contributed by atoms with Gasteiger partial charge in [0.2, 0.25) is 0 Å². The Morgan fingerprint density at radius 1 is 1.09 bits per heavy atom. The number of rotatable bonds is 8. The minimum absolute atomic E-state index is 0.107. The number of ether oxygens (including phenoxy) is 2. The molecule has 0 saturated carbocycles. The average Bonchev–Trinajstić information content (AvgIpc) is 3.12. The molecule has 2 aromatic carbocycles. The Kier molecular flexibility index (Phi) is 7.45. The van der Waals surface area contributed by atoms with Gasteiger partial charge in [0.25, 0.3) is 11.7 Å². The second-order valence-electron chi connectivity index (χ2n) is 8.48. The fourth-order valence-electron chi connectivity index (χ4n) is 4.30. The van der Waals surface area contributed by atoms with Gasteiger partial charge in [0.05, 0.1) is 24.8 Å². The van der Waals surface area contributed by atoms with Gasteiger partial charge in [0.1, 0.15) is 18.1 Å². The first-order chi connectivity index (χ1) is 16.5. The summed E-state index contributed by atoms with van der Waals surface area (Å²) in [6, 6.07) is 13.9. The van der Waals surface area contributed by atoms with Gasteiger partial charge in [0.15, 0.2) is 0 Å². The molecule has 2 fully saturated rings. The van der Waals surface area contributed by atoms with Gasteiger partial charge in [-0.1, -0.05) is 42.5 Å². The standard InChI is InChI=1S/C27H30N2O5/c1-3-16-34-22-10-8-21(9-11-22)25(30)23-24(20-6-4-19(2)5-7-20)29(27(32)26(23)31)13-12-28-14-17-33-18-15-28/h3-11,24,30H,1,12-18H2,2H3/b25-23+/t24-/m1/s1. The highest BCUT2D eigenvalue weighted by molar-refractivity contribution is 6.46. The summed E-state index contributed by atoms with van der Waals surface area (Å²) in [6.07, 6.45) is 1.65. The largest absolute Gasteiger partial charge is 0.507 e. The minimum atomic E-state index is -0.669. The van der Waals surface area contributed by atoms with E-state index in [1.165, 1.54) is 0 Å². The molecule has 1 atom stereocenters. The fraction of sp³-hybridized carbons (Fsp3) is 0.333. The molecule has 7 nitrogen and oxygen atoms in total. The van der Waals surface area contributed by atoms with E-state index in [-0.39, 0.29) is 11.3 Å². The molecule has 0 aromatic heterocycles. The number of Topliss-reactive ketones (excluding diaryl/α,β-unsaturated/α-hetero) is 1. The van der Waals surface area contributed by atoms with Crippen molar-refractivity contribution < 1.29 is 24.2 Å². The van der Waals surface area contributed by atoms with E-state index in [4.69, 9.17) is 9.47 Å². The van der Waals surface area contributed by atoms with Crippen LogP contribution < -0.4 is 4.74 Å². The van der Waals surface area contributed by atoms with Gasteiger partial charge in [-0.3, -0.25) is 14.5 Å². The number of carbonyl (C=O) groups excluding carboxylic acids is 2. The monoisotopic (exact) mass is 462 g/mol. The predicted octanol–water partition coefficient (Wildman–Crippen LogP) is 3.31. The molecule has 34 heavy (non-hydrogen) atoms. The number of benzene rings is 2. The predicted molar refractivity (Wildman–Crippen MR) is 130 cm³/mol. The molecular formula is C27H30N2O5. The molecule has 2 heterocycles. The Bertz CT molecular complexity index is 1070. The van der Waals surface area contributed by atoms with Crippen molar-refractivity contribution in [3.05, 3.63) is 83.4 Å². The number of hydrogen-bond acceptors (Lipinski definition) is 6. The number of carbonyl (C=O) groups is 2. The lowest BCUT2D eigenvalue weighted by atomic mass is 9.94. The van der Waals surface area contributed by atoms with Gasteiger partial charge < -0.3 is 19.5 Å². The number of hydrogen-bond donors (Lipinski definition) is 1. The molecule has 2 aliphatic heterocycles. The summed E-state index contributed by atoms with van der Waals surface area (Å²) < 4.78 is 10.9. The molecule has 1 amide bonds. The molecule has 4 rings (SSSR count). The summed E-state index contributed by atoms with van der Waals surface area (Å²) in [5.74, 6) is -0.825. The number of aryl methyl sites for hydroxylation is 1. The number of amides is 1. The first-order valence-corrected chi connectivity index (χ1v) is 11.5. The molecule has 2 aromatic rings. The number of morpholine rings is 1. The molecule has 0 radical (unpaired) electrons. The van der Waals surface area contributed by atoms with Gasteiger partial charge in [0, 0.05) is 31.7 Å². The van der Waals surface area contributed by atoms with Crippen LogP contribution in [0.15, 0.2) is 66.8 Å². The number of aliphatic hydroxyl groups is 1. The van der Waals surface area contributed by atoms with Crippen LogP contribution in [0.1, 0.15) is 22.7 Å². The lowest BCUT2D eigenvalue weighted by Crippen LogP contribution is -2.42. The molecule has 2 aliphatic rings. The van der Waals surface area contributed by atoms with Gasteiger partial charge in [-0.15, -0.1) is 0 Å². The Labute approximate surface area is 199 Å². The normalized spacial score (nSPS) is 20.5. The van der Waals surface area contributed by atoms with Crippen LogP contribution in [0.4, 0.5) is 0 Å². The maximum atomic E-state index is 13.2. The van der Waals surface area contributed by atoms with Crippen molar-refractivity contribution in [2.75, 3.05) is 46.0 Å². The first-order valence-electron chi connectivity index (χ1n) is 11.5. The van der Waals surface area contributed by atoms with E-state index in [0.29, 0.717) is 44.2 Å². The molecule has 0 spiro atoms. The lowest BCUT2D eigenvalue weighted by molar-refractivity contribution is -0.140. The van der Waals surface area contributed by atoms with Gasteiger partial charge in [-0.05, 0) is 36.8 Å². The molecule has 0 aliphatic carbocycles. The summed E-state index contributed by atoms with van der Waals surface area (Å²) in [5.41, 5.74) is 2.42. The number of ketones is 1. The smallest absolute Gasteiger partial charge is 0.295 e. The second-order valence-corrected chi connectivity index (χ2v) is 8.48. The molecule has 2 saturated heterocycles. The zero-order valence-corrected chi connectivity index (χ0v) is 19.4. The SMILES string of the molecule is C=CCOc1ccc(/C(O)=C2\C(=O)C(=O)N(CCN3CCOCC3)[C@@H]2c2ccc(C)cc2)cc1. The third kappa shape index (κ3) is 5.05. The molecule has 7 heteroatoms. The van der Waals surface area contributed by atoms with Crippen molar-refractivity contribution in [1.82, 2.24) is 9.80 Å². The quantitative estimate of drug-likeness (QED) is 0.281. The van der Waals surface area contributed by atoms with E-state index in [0.717, 1.165) is 24.2 Å². The molecule has 1 N–H and O–H groups in total. The highest BCUT2D eigenvalue weighted by Crippen LogP contribution is 2.39. The zero-order valence-electron chi connectivity index (χ0n) is 19.4. The summed E-state index contributed by atoms with van der Waals surface area (Å²) in [6.45, 7) is 9.89. The molecule has 178 valence electrons. The van der Waals surface area contributed by atoms with Crippen LogP contribution in [0.25, 0.3) is 5.76 Å². The first kappa shape index (κ1) is 23.7. The van der Waals surface area contributed by atoms with Crippen molar-refractivity contribution in [2.45, 2.75) is 13.0 Å². The Balaban J connectivity index is 1.68. The molecule has 0 bridgehead atoms. The van der Waals surface area contributed by atoms with Crippen LogP contribution in [-0.4, -0.2) is 72.6 Å². The van der Waals surface area contributed by atoms with E-state index in [1.54, 1.807) is 35.2 Å². The van der Waals surface area contributed by atoms with Crippen LogP contribution >= 0.6 is 0 Å². The van der Waals surface area contributed by atoms with Gasteiger partial charge >= 0.3 is 0 Å². The average molecular weight is 463 g/mol. The summed E-state index contributed by atoms with van der Waals surface area (Å²) >= 11 is 0. The number of aliphatic hydroxyl groups excluding tert-OH is 1. The van der Waals surface area contributed by atoms with Gasteiger partial charge in [-0.2, -0.15) is 0 Å². The highest BCUT2D eigenvalue weighted by atomic mass is 16.5. The van der Waals surface area contributed by atoms with E-state index < -0.39 is 17.7 Å². The highest BCUT2D eigenvalue weighted by Gasteiger charge is 2.46. The zero-order chi connectivity index (χ0) is 24.1. The van der Waals surface area contributed by atoms with Crippen LogP contribution in [0, 0.1) is 6.92 Å². The van der Waals surface area contributed by atoms with Crippen molar-refractivity contribution in [3.8, 4) is 5.75 Å². The number of nitrogens with zero attached hydrogens (tertiary/aromatic N) is 2. The third-order valence-corrected chi connectivity index (χ3v) is 6.19. The van der Waals surface area contributed by atoms with Crippen molar-refractivity contribution in [2.24, 2.45) is 0 Å². The maximum Gasteiger partial charge on any atom is 0.295 e. The van der Waals surface area contributed by atoms with Crippen molar-refractivity contribution in [3.63, 3.8) is 0 Å². The molecular weight excluding hydrogens is 432 g/mol. The van der Waals surface area contributed by atoms with Crippen molar-refractivity contribution in [1.29, 1.82) is 0 Å². The van der Waals surface area contributed by atoms with Crippen LogP contribution in [0.5, 0.6) is 5.75 Å². The Hall–Kier alpha value is -3.42. The van der Waals surface area contributed by atoms with E-state index >= 15 is 0 Å². The fourth-order valence-corrected chi connectivity index (χ4v) is 4.30. The van der Waals surface area contributed by atoms with Crippen LogP contribution in [0.3, 0.4) is 0 Å². The Morgan fingerprint density at radius 2 is 1.76 bits per heavy atom. The van der Waals surface area contributed by atoms with Gasteiger partial charge in [-0.25, -0.2) is 0 Å². The lowest BCUT2D eigenvalue weighted by Gasteiger charge is -2.31. The number of likely N-dealkylation sites (tertiary alicyclic amines) is 1. The van der Waals surface area contributed by atoms with Crippen LogP contribution in [-0.2, 0) is 14.3 Å². The summed E-state index contributed by atoms with van der Waals surface area (Å²) in [4.78, 5) is 30.1. The Morgan fingerprint density at radius 3 is 2.41 bits per heavy atom. The van der Waals surface area contributed by atoms with E-state index in [2.05, 4.69) is 11.5 Å². The minimum Gasteiger partial charge on any atom is -0.507 e. The van der Waals surface area contributed by atoms with E-state index in [9.17, 15) is 14.7 Å². The third-order valence-electron chi connectivity index (χ3n) is 6.19. The summed E-state index contributed by atoms with van der Waals surface area (Å²) in [7, 11) is 0. The van der Waals surface area contributed by atoms with Crippen molar-refractivity contribution >= 4 is 17.4 Å². The van der Waals surface area contributed by atoms with E-state index in [1.807, 2.05) is 31.2 Å². The van der Waals surface area contributed by atoms with Crippen LogP contribution in [0.2, 0.25) is 0 Å². The topological polar surface area (TPSA) is 79.3 Å². The summed E-state index contributed by atoms with van der Waals surface area (Å²) in [5, 5.41) is 11.2. The second kappa shape index (κ2) is 10.7. The molecule has 0 unspecified atom stereocenters. The maximum absolute atomic E-state index is 13.2.